The van der Waals surface area contributed by atoms with Crippen molar-refractivity contribution in [3.05, 3.63) is 65.7 Å². The van der Waals surface area contributed by atoms with Gasteiger partial charge in [-0.3, -0.25) is 4.79 Å². The summed E-state index contributed by atoms with van der Waals surface area (Å²) in [6.07, 6.45) is 3.20. The molecule has 0 spiro atoms. The molecule has 1 aliphatic heterocycles. The van der Waals surface area contributed by atoms with E-state index in [0.717, 1.165) is 10.9 Å². The van der Waals surface area contributed by atoms with Crippen molar-refractivity contribution in [2.45, 2.75) is 4.21 Å². The van der Waals surface area contributed by atoms with Crippen molar-refractivity contribution in [1.29, 1.82) is 0 Å². The van der Waals surface area contributed by atoms with Gasteiger partial charge in [-0.1, -0.05) is 30.3 Å². The van der Waals surface area contributed by atoms with Crippen molar-refractivity contribution < 1.29 is 13.2 Å². The molecule has 0 atom stereocenters. The second kappa shape index (κ2) is 7.83. The molecule has 3 aromatic rings. The number of carbonyl (C=O) groups excluding carboxylic acids is 1. The van der Waals surface area contributed by atoms with E-state index in [1.165, 1.54) is 21.7 Å². The minimum absolute atomic E-state index is 0.136. The minimum atomic E-state index is -3.46. The summed E-state index contributed by atoms with van der Waals surface area (Å²) in [6.45, 7) is 1.35. The maximum absolute atomic E-state index is 12.6. The zero-order chi connectivity index (χ0) is 19.6. The number of nitrogens with zero attached hydrogens (tertiary/aromatic N) is 3. The number of hydrogen-bond donors (Lipinski definition) is 0. The highest BCUT2D eigenvalue weighted by Gasteiger charge is 2.30. The molecule has 1 fully saturated rings. The number of fused-ring (bicyclic) bond motifs is 1. The Morgan fingerprint density at radius 1 is 1.00 bits per heavy atom. The molecular formula is C20H19N3O3S2. The lowest BCUT2D eigenvalue weighted by molar-refractivity contribution is -0.127. The molecule has 1 saturated heterocycles. The van der Waals surface area contributed by atoms with E-state index in [0.29, 0.717) is 36.1 Å². The molecule has 3 heterocycles. The number of rotatable bonds is 4. The van der Waals surface area contributed by atoms with Crippen molar-refractivity contribution >= 4 is 44.2 Å². The van der Waals surface area contributed by atoms with Crippen molar-refractivity contribution in [3.8, 4) is 0 Å². The third-order valence-corrected chi connectivity index (χ3v) is 7.93. The van der Waals surface area contributed by atoms with Crippen LogP contribution in [0.4, 0.5) is 0 Å². The van der Waals surface area contributed by atoms with Gasteiger partial charge in [0.2, 0.25) is 5.91 Å². The third kappa shape index (κ3) is 3.84. The number of amides is 1. The monoisotopic (exact) mass is 413 g/mol. The maximum atomic E-state index is 12.6. The second-order valence-electron chi connectivity index (χ2n) is 6.42. The quantitative estimate of drug-likeness (QED) is 0.617. The minimum Gasteiger partial charge on any atom is -0.337 e. The van der Waals surface area contributed by atoms with Gasteiger partial charge in [0.1, 0.15) is 4.21 Å². The highest BCUT2D eigenvalue weighted by atomic mass is 32.2. The summed E-state index contributed by atoms with van der Waals surface area (Å²) in [7, 11) is -3.46. The number of benzene rings is 1. The molecule has 0 saturated carbocycles. The highest BCUT2D eigenvalue weighted by molar-refractivity contribution is 7.91. The normalized spacial score (nSPS) is 16.1. The number of aromatic nitrogens is 1. The molecule has 0 unspecified atom stereocenters. The van der Waals surface area contributed by atoms with Crippen molar-refractivity contribution in [3.63, 3.8) is 0 Å². The first-order valence-corrected chi connectivity index (χ1v) is 11.2. The van der Waals surface area contributed by atoms with Crippen molar-refractivity contribution in [1.82, 2.24) is 14.2 Å². The van der Waals surface area contributed by atoms with Crippen molar-refractivity contribution in [2.24, 2.45) is 0 Å². The summed E-state index contributed by atoms with van der Waals surface area (Å²) in [6, 6.07) is 15.0. The van der Waals surface area contributed by atoms with Gasteiger partial charge >= 0.3 is 0 Å². The zero-order valence-corrected chi connectivity index (χ0v) is 16.7. The molecule has 0 N–H and O–H groups in total. The van der Waals surface area contributed by atoms with Crippen LogP contribution in [0.1, 0.15) is 5.69 Å². The van der Waals surface area contributed by atoms with Crippen LogP contribution in [0.2, 0.25) is 0 Å². The molecule has 0 radical (unpaired) electrons. The fourth-order valence-electron chi connectivity index (χ4n) is 3.12. The Balaban J connectivity index is 1.39. The number of piperazine rings is 1. The van der Waals surface area contributed by atoms with Gasteiger partial charge in [-0.15, -0.1) is 11.3 Å². The predicted octanol–water partition coefficient (Wildman–Crippen LogP) is 2.84. The van der Waals surface area contributed by atoms with E-state index in [9.17, 15) is 13.2 Å². The van der Waals surface area contributed by atoms with Gasteiger partial charge in [-0.05, 0) is 29.7 Å². The fourth-order valence-corrected chi connectivity index (χ4v) is 5.69. The first-order chi connectivity index (χ1) is 13.5. The maximum Gasteiger partial charge on any atom is 0.252 e. The molecule has 6 nitrogen and oxygen atoms in total. The molecule has 1 amide bonds. The summed E-state index contributed by atoms with van der Waals surface area (Å²) < 4.78 is 26.9. The largest absolute Gasteiger partial charge is 0.337 e. The third-order valence-electron chi connectivity index (χ3n) is 4.66. The van der Waals surface area contributed by atoms with Gasteiger partial charge in [0, 0.05) is 37.6 Å². The topological polar surface area (TPSA) is 70.6 Å². The average Bonchev–Trinajstić information content (AvgIpc) is 3.28. The van der Waals surface area contributed by atoms with E-state index in [1.54, 1.807) is 28.5 Å². The van der Waals surface area contributed by atoms with Crippen LogP contribution in [0.25, 0.3) is 17.0 Å². The second-order valence-corrected chi connectivity index (χ2v) is 9.54. The van der Waals surface area contributed by atoms with E-state index in [4.69, 9.17) is 0 Å². The number of thiophene rings is 1. The number of para-hydroxylation sites is 1. The van der Waals surface area contributed by atoms with Crippen LogP contribution in [-0.4, -0.2) is 54.7 Å². The Labute approximate surface area is 167 Å². The summed E-state index contributed by atoms with van der Waals surface area (Å²) in [5, 5.41) is 2.80. The van der Waals surface area contributed by atoms with Crippen LogP contribution >= 0.6 is 11.3 Å². The van der Waals surface area contributed by atoms with Gasteiger partial charge in [0.25, 0.3) is 10.0 Å². The Hall–Kier alpha value is -2.55. The van der Waals surface area contributed by atoms with Crippen LogP contribution in [0, 0.1) is 0 Å². The van der Waals surface area contributed by atoms with Crippen LogP contribution in [-0.2, 0) is 14.8 Å². The summed E-state index contributed by atoms with van der Waals surface area (Å²) in [5.74, 6) is -0.136. The molecule has 0 bridgehead atoms. The lowest BCUT2D eigenvalue weighted by Gasteiger charge is -2.33. The van der Waals surface area contributed by atoms with Gasteiger partial charge in [-0.25, -0.2) is 13.4 Å². The molecule has 8 heteroatoms. The Bertz CT molecular complexity index is 1120. The van der Waals surface area contributed by atoms with E-state index in [2.05, 4.69) is 4.98 Å². The van der Waals surface area contributed by atoms with Crippen LogP contribution in [0.5, 0.6) is 0 Å². The van der Waals surface area contributed by atoms with Gasteiger partial charge in [0.05, 0.1) is 11.2 Å². The average molecular weight is 414 g/mol. The lowest BCUT2D eigenvalue weighted by atomic mass is 10.2. The molecule has 1 aliphatic rings. The summed E-state index contributed by atoms with van der Waals surface area (Å²) >= 11 is 1.21. The lowest BCUT2D eigenvalue weighted by Crippen LogP contribution is -2.50. The molecule has 1 aromatic carbocycles. The molecule has 0 aliphatic carbocycles. The Kier molecular flexibility index (Phi) is 5.25. The standard InChI is InChI=1S/C20H19N3O3S2/c24-19(10-9-17-8-7-16-4-1-2-5-18(16)21-17)22-11-13-23(14-12-22)28(25,26)20-6-3-15-27-20/h1-10,15H,11-14H2. The first-order valence-electron chi connectivity index (χ1n) is 8.90. The first kappa shape index (κ1) is 18.8. The molecule has 4 rings (SSSR count). The molecular weight excluding hydrogens is 394 g/mol. The Morgan fingerprint density at radius 2 is 1.79 bits per heavy atom. The van der Waals surface area contributed by atoms with E-state index in [1.807, 2.05) is 36.4 Å². The van der Waals surface area contributed by atoms with Gasteiger partial charge < -0.3 is 4.90 Å². The van der Waals surface area contributed by atoms with Crippen LogP contribution in [0.15, 0.2) is 64.2 Å². The predicted molar refractivity (Wildman–Crippen MR) is 110 cm³/mol. The van der Waals surface area contributed by atoms with Gasteiger partial charge in [-0.2, -0.15) is 4.31 Å². The van der Waals surface area contributed by atoms with Gasteiger partial charge in [0.15, 0.2) is 0 Å². The SMILES string of the molecule is O=C(C=Cc1ccc2ccccc2n1)N1CCN(S(=O)(=O)c2cccs2)CC1. The van der Waals surface area contributed by atoms with Crippen LogP contribution < -0.4 is 0 Å². The summed E-state index contributed by atoms with van der Waals surface area (Å²) in [5.41, 5.74) is 1.59. The molecule has 2 aromatic heterocycles. The van der Waals surface area contributed by atoms with Crippen LogP contribution in [0.3, 0.4) is 0 Å². The Morgan fingerprint density at radius 3 is 2.54 bits per heavy atom. The summed E-state index contributed by atoms with van der Waals surface area (Å²) in [4.78, 5) is 18.7. The number of sulfonamides is 1. The molecule has 144 valence electrons. The van der Waals surface area contributed by atoms with E-state index < -0.39 is 10.0 Å². The van der Waals surface area contributed by atoms with E-state index >= 15 is 0 Å². The fraction of sp³-hybridized carbons (Fsp3) is 0.200. The van der Waals surface area contributed by atoms with E-state index in [-0.39, 0.29) is 5.91 Å². The van der Waals surface area contributed by atoms with Crippen molar-refractivity contribution in [2.75, 3.05) is 26.2 Å². The zero-order valence-electron chi connectivity index (χ0n) is 15.1. The number of carbonyl (C=O) groups is 1. The highest BCUT2D eigenvalue weighted by Crippen LogP contribution is 2.22. The number of hydrogen-bond acceptors (Lipinski definition) is 5. The smallest absolute Gasteiger partial charge is 0.252 e. The molecule has 28 heavy (non-hydrogen) atoms. The number of pyridine rings is 1.